The van der Waals surface area contributed by atoms with E-state index in [1.165, 1.54) is 17.2 Å². The van der Waals surface area contributed by atoms with Crippen LogP contribution in [0.2, 0.25) is 0 Å². The molecule has 2 aromatic rings. The fraction of sp³-hybridized carbons (Fsp3) is 0.423. The standard InChI is InChI=1S/C17H17FN4O2.C9H14N2O2/c18-16-8-13(3-4-15(16)12-2-1-6-20-9-12)22-11-14(24-17(22)23)10-21-7-5-19;10-1-7-8-2-11(3-9(7)8)6(4-12)5-13/h1-9,14,21H,10-11,19H2;6-9,12-13H,2-5H2/b7-5-;/t;7?,8-,9+. The Labute approximate surface area is 214 Å². The van der Waals surface area contributed by atoms with Crippen LogP contribution in [0, 0.1) is 34.9 Å². The van der Waals surface area contributed by atoms with Crippen molar-refractivity contribution in [1.82, 2.24) is 15.2 Å². The van der Waals surface area contributed by atoms with Gasteiger partial charge in [-0.2, -0.15) is 5.26 Å². The highest BCUT2D eigenvalue weighted by atomic mass is 19.1. The summed E-state index contributed by atoms with van der Waals surface area (Å²) in [5, 5.41) is 29.5. The number of carbonyl (C=O) groups excluding carboxylic acids is 1. The summed E-state index contributed by atoms with van der Waals surface area (Å²) in [7, 11) is 0. The summed E-state index contributed by atoms with van der Waals surface area (Å²) >= 11 is 0. The molecule has 3 heterocycles. The molecule has 3 fully saturated rings. The predicted molar refractivity (Wildman–Crippen MR) is 134 cm³/mol. The first-order valence-corrected chi connectivity index (χ1v) is 12.1. The summed E-state index contributed by atoms with van der Waals surface area (Å²) in [5.41, 5.74) is 6.81. The van der Waals surface area contributed by atoms with Gasteiger partial charge in [-0.1, -0.05) is 6.07 Å². The maximum atomic E-state index is 14.4. The van der Waals surface area contributed by atoms with Crippen molar-refractivity contribution < 1.29 is 24.1 Å². The molecule has 10 nitrogen and oxygen atoms in total. The number of anilines is 1. The van der Waals surface area contributed by atoms with E-state index in [2.05, 4.69) is 21.3 Å². The molecular formula is C26H31FN6O4. The van der Waals surface area contributed by atoms with Crippen molar-refractivity contribution in [3.63, 3.8) is 0 Å². The van der Waals surface area contributed by atoms with Crippen LogP contribution in [0.3, 0.4) is 0 Å². The third-order valence-electron chi connectivity index (χ3n) is 6.98. The fourth-order valence-electron chi connectivity index (χ4n) is 4.87. The van der Waals surface area contributed by atoms with Gasteiger partial charge in [0.05, 0.1) is 50.0 Å². The summed E-state index contributed by atoms with van der Waals surface area (Å²) in [4.78, 5) is 19.5. The van der Waals surface area contributed by atoms with Crippen LogP contribution in [0.4, 0.5) is 14.9 Å². The number of cyclic esters (lactones) is 1. The van der Waals surface area contributed by atoms with E-state index in [9.17, 15) is 9.18 Å². The molecule has 1 aromatic heterocycles. The van der Waals surface area contributed by atoms with Crippen molar-refractivity contribution in [2.75, 3.05) is 44.3 Å². The Bertz CT molecular complexity index is 1130. The molecule has 11 heteroatoms. The monoisotopic (exact) mass is 510 g/mol. The smallest absolute Gasteiger partial charge is 0.414 e. The van der Waals surface area contributed by atoms with Crippen LogP contribution in [0.1, 0.15) is 0 Å². The lowest BCUT2D eigenvalue weighted by Crippen LogP contribution is -2.40. The summed E-state index contributed by atoms with van der Waals surface area (Å²) in [6.45, 7) is 2.53. The number of aliphatic hydroxyl groups is 2. The summed E-state index contributed by atoms with van der Waals surface area (Å²) in [5.74, 6) is 0.839. The number of piperidine rings is 1. The minimum atomic E-state index is -0.493. The normalized spacial score (nSPS) is 24.4. The average molecular weight is 511 g/mol. The van der Waals surface area contributed by atoms with E-state index in [1.807, 2.05) is 0 Å². The number of hydrogen-bond donors (Lipinski definition) is 4. The molecule has 0 bridgehead atoms. The Kier molecular flexibility index (Phi) is 8.55. The van der Waals surface area contributed by atoms with E-state index in [0.717, 1.165) is 13.1 Å². The van der Waals surface area contributed by atoms with Crippen molar-refractivity contribution in [3.05, 3.63) is 60.9 Å². The highest BCUT2D eigenvalue weighted by molar-refractivity contribution is 5.90. The van der Waals surface area contributed by atoms with Gasteiger partial charge in [0.25, 0.3) is 0 Å². The number of fused-ring (bicyclic) bond motifs is 1. The van der Waals surface area contributed by atoms with Crippen LogP contribution in [-0.4, -0.2) is 77.7 Å². The highest BCUT2D eigenvalue weighted by Gasteiger charge is 2.56. The molecule has 1 aromatic carbocycles. The van der Waals surface area contributed by atoms with E-state index in [0.29, 0.717) is 41.7 Å². The number of ether oxygens (including phenoxy) is 1. The van der Waals surface area contributed by atoms with Gasteiger partial charge < -0.3 is 26.0 Å². The Hall–Kier alpha value is -3.72. The van der Waals surface area contributed by atoms with Gasteiger partial charge in [0.2, 0.25) is 0 Å². The second kappa shape index (κ2) is 12.0. The number of nitrogens with zero attached hydrogens (tertiary/aromatic N) is 4. The zero-order valence-corrected chi connectivity index (χ0v) is 20.3. The molecule has 3 aliphatic rings. The summed E-state index contributed by atoms with van der Waals surface area (Å²) in [6.07, 6.45) is 5.33. The van der Waals surface area contributed by atoms with Gasteiger partial charge in [0, 0.05) is 49.0 Å². The lowest BCUT2D eigenvalue weighted by atomic mass is 10.1. The summed E-state index contributed by atoms with van der Waals surface area (Å²) < 4.78 is 19.7. The van der Waals surface area contributed by atoms with Crippen molar-refractivity contribution in [3.8, 4) is 17.2 Å². The first-order valence-electron chi connectivity index (χ1n) is 12.1. The van der Waals surface area contributed by atoms with E-state index >= 15 is 0 Å². The zero-order valence-electron chi connectivity index (χ0n) is 20.3. The number of pyridine rings is 1. The number of aromatic nitrogens is 1. The molecular weight excluding hydrogens is 479 g/mol. The molecule has 0 radical (unpaired) electrons. The van der Waals surface area contributed by atoms with Gasteiger partial charge in [-0.3, -0.25) is 14.8 Å². The number of nitriles is 1. The number of amides is 1. The Morgan fingerprint density at radius 3 is 2.62 bits per heavy atom. The first kappa shape index (κ1) is 26.3. The molecule has 2 unspecified atom stereocenters. The van der Waals surface area contributed by atoms with Crippen LogP contribution in [0.15, 0.2) is 55.1 Å². The molecule has 1 aliphatic carbocycles. The molecule has 5 rings (SSSR count). The van der Waals surface area contributed by atoms with E-state index in [1.54, 1.807) is 42.9 Å². The number of aliphatic hydroxyl groups excluding tert-OH is 2. The number of hydrogen-bond acceptors (Lipinski definition) is 9. The van der Waals surface area contributed by atoms with Crippen LogP contribution in [-0.2, 0) is 4.74 Å². The maximum absolute atomic E-state index is 14.4. The van der Waals surface area contributed by atoms with Gasteiger partial charge in [-0.05, 0) is 36.1 Å². The zero-order chi connectivity index (χ0) is 26.4. The van der Waals surface area contributed by atoms with Crippen molar-refractivity contribution in [2.45, 2.75) is 12.1 Å². The highest BCUT2D eigenvalue weighted by Crippen LogP contribution is 2.51. The van der Waals surface area contributed by atoms with Gasteiger partial charge in [-0.25, -0.2) is 9.18 Å². The van der Waals surface area contributed by atoms with E-state index < -0.39 is 11.9 Å². The third-order valence-corrected chi connectivity index (χ3v) is 6.98. The average Bonchev–Trinajstić information content (AvgIpc) is 3.19. The Morgan fingerprint density at radius 1 is 1.27 bits per heavy atom. The number of carbonyl (C=O) groups is 1. The minimum absolute atomic E-state index is 0.00710. The van der Waals surface area contributed by atoms with Gasteiger partial charge in [0.15, 0.2) is 0 Å². The molecule has 2 aliphatic heterocycles. The molecule has 1 amide bonds. The largest absolute Gasteiger partial charge is 0.442 e. The van der Waals surface area contributed by atoms with Crippen LogP contribution >= 0.6 is 0 Å². The molecule has 37 heavy (non-hydrogen) atoms. The Morgan fingerprint density at radius 2 is 2.03 bits per heavy atom. The van der Waals surface area contributed by atoms with Crippen LogP contribution < -0.4 is 16.0 Å². The SMILES string of the molecule is N#CC1[C@H]2CN(C(CO)CO)C[C@@H]12.N/C=C\NCC1CN(c2ccc(-c3cccnc3)c(F)c2)C(=O)O1. The Balaban J connectivity index is 0.000000207. The lowest BCUT2D eigenvalue weighted by Gasteiger charge is -2.25. The maximum Gasteiger partial charge on any atom is 0.414 e. The first-order chi connectivity index (χ1) is 18.0. The van der Waals surface area contributed by atoms with Gasteiger partial charge in [-0.15, -0.1) is 0 Å². The van der Waals surface area contributed by atoms with Gasteiger partial charge in [0.1, 0.15) is 11.9 Å². The topological polar surface area (TPSA) is 148 Å². The fourth-order valence-corrected chi connectivity index (χ4v) is 4.87. The molecule has 2 saturated heterocycles. The number of nitrogens with one attached hydrogen (secondary N) is 1. The number of rotatable bonds is 8. The molecule has 0 spiro atoms. The molecule has 5 N–H and O–H groups in total. The van der Waals surface area contributed by atoms with Crippen molar-refractivity contribution >= 4 is 11.8 Å². The number of nitrogens with two attached hydrogens (primary N) is 1. The minimum Gasteiger partial charge on any atom is -0.442 e. The molecule has 196 valence electrons. The number of likely N-dealkylation sites (tertiary alicyclic amines) is 1. The second-order valence-corrected chi connectivity index (χ2v) is 9.25. The lowest BCUT2D eigenvalue weighted by molar-refractivity contribution is 0.0808. The van der Waals surface area contributed by atoms with E-state index in [4.69, 9.17) is 25.9 Å². The molecule has 1 saturated carbocycles. The van der Waals surface area contributed by atoms with Crippen LogP contribution in [0.25, 0.3) is 11.1 Å². The summed E-state index contributed by atoms with van der Waals surface area (Å²) in [6, 6.07) is 10.4. The third kappa shape index (κ3) is 5.99. The van der Waals surface area contributed by atoms with E-state index in [-0.39, 0.29) is 31.3 Å². The van der Waals surface area contributed by atoms with Crippen LogP contribution in [0.5, 0.6) is 0 Å². The number of benzene rings is 1. The predicted octanol–water partition coefficient (Wildman–Crippen LogP) is 1.27. The van der Waals surface area contributed by atoms with Crippen molar-refractivity contribution in [2.24, 2.45) is 23.5 Å². The quantitative estimate of drug-likeness (QED) is 0.412. The van der Waals surface area contributed by atoms with Crippen molar-refractivity contribution in [1.29, 1.82) is 5.26 Å². The molecule has 4 atom stereocenters. The van der Waals surface area contributed by atoms with Gasteiger partial charge >= 0.3 is 6.09 Å². The number of halogens is 1. The second-order valence-electron chi connectivity index (χ2n) is 9.25.